The quantitative estimate of drug-likeness (QED) is 0.781. The molecule has 5 rings (SSSR count). The number of carbonyl (C=O) groups excluding carboxylic acids is 2. The molecule has 168 valence electrons. The summed E-state index contributed by atoms with van der Waals surface area (Å²) in [7, 11) is 0. The lowest BCUT2D eigenvalue weighted by molar-refractivity contribution is -0.137. The number of anilines is 2. The van der Waals surface area contributed by atoms with Crippen LogP contribution in [0.15, 0.2) is 42.6 Å². The van der Waals surface area contributed by atoms with E-state index in [2.05, 4.69) is 46.4 Å². The van der Waals surface area contributed by atoms with Gasteiger partial charge < -0.3 is 10.2 Å². The number of hydrogen-bond donors (Lipinski definition) is 1. The van der Waals surface area contributed by atoms with E-state index in [1.807, 2.05) is 24.0 Å². The number of benzene rings is 1. The fourth-order valence-corrected chi connectivity index (χ4v) is 4.84. The average molecular weight is 433 g/mol. The Bertz CT molecular complexity index is 1000. The first-order chi connectivity index (χ1) is 15.5. The second kappa shape index (κ2) is 8.32. The van der Waals surface area contributed by atoms with Crippen molar-refractivity contribution >= 4 is 23.2 Å². The van der Waals surface area contributed by atoms with Gasteiger partial charge in [0.2, 0.25) is 11.8 Å². The van der Waals surface area contributed by atoms with Crippen molar-refractivity contribution in [2.45, 2.75) is 45.4 Å². The van der Waals surface area contributed by atoms with Gasteiger partial charge in [-0.05, 0) is 68.4 Å². The Morgan fingerprint density at radius 3 is 2.34 bits per heavy atom. The minimum absolute atomic E-state index is 0.00414. The lowest BCUT2D eigenvalue weighted by atomic mass is 9.88. The molecule has 2 saturated heterocycles. The summed E-state index contributed by atoms with van der Waals surface area (Å²) < 4.78 is 0. The van der Waals surface area contributed by atoms with Crippen LogP contribution in [0.25, 0.3) is 0 Å². The second-order valence-electron chi connectivity index (χ2n) is 9.86. The molecular formula is C26H32N4O2. The van der Waals surface area contributed by atoms with Crippen molar-refractivity contribution in [3.05, 3.63) is 53.9 Å². The van der Waals surface area contributed by atoms with Gasteiger partial charge in [0.05, 0.1) is 17.3 Å². The van der Waals surface area contributed by atoms with Crippen molar-refractivity contribution in [3.63, 3.8) is 0 Å². The third-order valence-electron chi connectivity index (χ3n) is 7.49. The van der Waals surface area contributed by atoms with E-state index < -0.39 is 0 Å². The van der Waals surface area contributed by atoms with Crippen LogP contribution >= 0.6 is 0 Å². The number of piperidine rings is 1. The maximum absolute atomic E-state index is 13.3. The van der Waals surface area contributed by atoms with Crippen LogP contribution in [0.5, 0.6) is 0 Å². The summed E-state index contributed by atoms with van der Waals surface area (Å²) in [5.41, 5.74) is 3.79. The monoisotopic (exact) mass is 432 g/mol. The fraction of sp³-hybridized carbons (Fsp3) is 0.500. The molecule has 0 bridgehead atoms. The molecule has 1 aliphatic carbocycles. The average Bonchev–Trinajstić information content (AvgIpc) is 3.53. The van der Waals surface area contributed by atoms with Crippen molar-refractivity contribution in [1.29, 1.82) is 0 Å². The van der Waals surface area contributed by atoms with E-state index in [-0.39, 0.29) is 17.2 Å². The minimum Gasteiger partial charge on any atom is -0.342 e. The molecule has 32 heavy (non-hydrogen) atoms. The van der Waals surface area contributed by atoms with E-state index in [1.54, 1.807) is 6.20 Å². The van der Waals surface area contributed by atoms with Gasteiger partial charge in [0, 0.05) is 43.5 Å². The van der Waals surface area contributed by atoms with Gasteiger partial charge >= 0.3 is 0 Å². The van der Waals surface area contributed by atoms with Crippen molar-refractivity contribution in [1.82, 2.24) is 15.2 Å². The van der Waals surface area contributed by atoms with Gasteiger partial charge in [-0.25, -0.2) is 0 Å². The Morgan fingerprint density at radius 2 is 1.78 bits per heavy atom. The summed E-state index contributed by atoms with van der Waals surface area (Å²) in [6, 6.07) is 12.3. The maximum atomic E-state index is 13.3. The van der Waals surface area contributed by atoms with Crippen LogP contribution in [0, 0.1) is 18.3 Å². The minimum atomic E-state index is -0.0785. The van der Waals surface area contributed by atoms with Crippen LogP contribution < -0.4 is 10.2 Å². The van der Waals surface area contributed by atoms with Crippen molar-refractivity contribution < 1.29 is 9.59 Å². The molecule has 0 spiro atoms. The van der Waals surface area contributed by atoms with Crippen LogP contribution in [0.1, 0.15) is 49.8 Å². The lowest BCUT2D eigenvalue weighted by Gasteiger charge is -2.34. The summed E-state index contributed by atoms with van der Waals surface area (Å²) in [5, 5.41) is 3.20. The van der Waals surface area contributed by atoms with E-state index >= 15 is 0 Å². The number of carbonyl (C=O) groups is 2. The van der Waals surface area contributed by atoms with Crippen LogP contribution in [-0.4, -0.2) is 47.9 Å². The highest BCUT2D eigenvalue weighted by molar-refractivity contribution is 6.02. The molecule has 0 atom stereocenters. The van der Waals surface area contributed by atoms with Crippen LogP contribution in [0.4, 0.5) is 11.4 Å². The van der Waals surface area contributed by atoms with Gasteiger partial charge in [0.1, 0.15) is 0 Å². The zero-order chi connectivity index (χ0) is 22.3. The number of aromatic nitrogens is 1. The summed E-state index contributed by atoms with van der Waals surface area (Å²) in [4.78, 5) is 34.2. The highest BCUT2D eigenvalue weighted by Gasteiger charge is 2.47. The molecule has 1 aromatic carbocycles. The summed E-state index contributed by atoms with van der Waals surface area (Å²) in [6.07, 6.45) is 5.83. The Morgan fingerprint density at radius 1 is 1.09 bits per heavy atom. The van der Waals surface area contributed by atoms with Gasteiger partial charge in [-0.3, -0.25) is 19.5 Å². The van der Waals surface area contributed by atoms with Gasteiger partial charge in [-0.2, -0.15) is 0 Å². The molecule has 2 aromatic rings. The zero-order valence-electron chi connectivity index (χ0n) is 19.0. The van der Waals surface area contributed by atoms with E-state index in [9.17, 15) is 9.59 Å². The van der Waals surface area contributed by atoms with E-state index in [0.29, 0.717) is 11.8 Å². The molecule has 6 heteroatoms. The van der Waals surface area contributed by atoms with E-state index in [0.717, 1.165) is 68.9 Å². The molecule has 1 aromatic heterocycles. The molecule has 0 radical (unpaired) electrons. The van der Waals surface area contributed by atoms with Gasteiger partial charge in [0.25, 0.3) is 0 Å². The number of hydrogen-bond acceptors (Lipinski definition) is 4. The largest absolute Gasteiger partial charge is 0.342 e. The van der Waals surface area contributed by atoms with Gasteiger partial charge in [-0.15, -0.1) is 0 Å². The maximum Gasteiger partial charge on any atom is 0.237 e. The molecule has 3 fully saturated rings. The fourth-order valence-electron chi connectivity index (χ4n) is 4.84. The zero-order valence-corrected chi connectivity index (χ0v) is 19.0. The summed E-state index contributed by atoms with van der Waals surface area (Å²) in [6.45, 7) is 7.17. The SMILES string of the molecule is Cc1ncccc1N(C(=O)C1CNC1)c1ccc(C2CCN(C(=O)C3(C)CC3)CC2)cc1. The van der Waals surface area contributed by atoms with E-state index in [1.165, 1.54) is 5.56 Å². The first kappa shape index (κ1) is 21.1. The summed E-state index contributed by atoms with van der Waals surface area (Å²) in [5.74, 6) is 0.926. The Labute approximate surface area is 190 Å². The number of pyridine rings is 1. The molecule has 1 saturated carbocycles. The Hall–Kier alpha value is -2.73. The lowest BCUT2D eigenvalue weighted by Crippen LogP contribution is -2.51. The number of amides is 2. The molecule has 0 unspecified atom stereocenters. The van der Waals surface area contributed by atoms with Crippen LogP contribution in [0.3, 0.4) is 0 Å². The third-order valence-corrected chi connectivity index (χ3v) is 7.49. The molecule has 1 N–H and O–H groups in total. The standard InChI is InChI=1S/C26H32N4O2/c1-18-23(4-3-13-28-18)30(24(31)21-16-27-17-21)22-7-5-19(6-8-22)20-9-14-29(15-10-20)25(32)26(2)11-12-26/h3-8,13,20-21,27H,9-12,14-17H2,1-2H3. The van der Waals surface area contributed by atoms with Crippen molar-refractivity contribution in [2.75, 3.05) is 31.1 Å². The number of likely N-dealkylation sites (tertiary alicyclic amines) is 1. The molecule has 6 nitrogen and oxygen atoms in total. The van der Waals surface area contributed by atoms with Crippen LogP contribution in [0.2, 0.25) is 0 Å². The molecule has 2 amide bonds. The van der Waals surface area contributed by atoms with Crippen LogP contribution in [-0.2, 0) is 9.59 Å². The third kappa shape index (κ3) is 3.92. The normalized spacial score (nSPS) is 20.5. The first-order valence-electron chi connectivity index (χ1n) is 11.8. The van der Waals surface area contributed by atoms with Gasteiger partial charge in [0.15, 0.2) is 0 Å². The Balaban J connectivity index is 1.32. The predicted octanol–water partition coefficient (Wildman–Crippen LogP) is 3.78. The molecule has 2 aliphatic heterocycles. The number of aryl methyl sites for hydroxylation is 1. The van der Waals surface area contributed by atoms with Crippen molar-refractivity contribution in [2.24, 2.45) is 11.3 Å². The predicted molar refractivity (Wildman–Crippen MR) is 125 cm³/mol. The highest BCUT2D eigenvalue weighted by Crippen LogP contribution is 2.47. The number of nitrogens with one attached hydrogen (secondary N) is 1. The Kier molecular flexibility index (Phi) is 5.49. The molecule has 3 heterocycles. The van der Waals surface area contributed by atoms with E-state index in [4.69, 9.17) is 0 Å². The molecular weight excluding hydrogens is 400 g/mol. The smallest absolute Gasteiger partial charge is 0.237 e. The number of rotatable bonds is 5. The van der Waals surface area contributed by atoms with Gasteiger partial charge in [-0.1, -0.05) is 19.1 Å². The number of nitrogens with zero attached hydrogens (tertiary/aromatic N) is 3. The second-order valence-corrected chi connectivity index (χ2v) is 9.86. The highest BCUT2D eigenvalue weighted by atomic mass is 16.2. The molecule has 3 aliphatic rings. The topological polar surface area (TPSA) is 65.5 Å². The summed E-state index contributed by atoms with van der Waals surface area (Å²) >= 11 is 0. The van der Waals surface area contributed by atoms with Crippen molar-refractivity contribution in [3.8, 4) is 0 Å². The first-order valence-corrected chi connectivity index (χ1v) is 11.8.